The van der Waals surface area contributed by atoms with Gasteiger partial charge in [0.05, 0.1) is 11.8 Å². The highest BCUT2D eigenvalue weighted by molar-refractivity contribution is 7.80. The van der Waals surface area contributed by atoms with Gasteiger partial charge in [0.25, 0.3) is 5.91 Å². The summed E-state index contributed by atoms with van der Waals surface area (Å²) in [5.41, 5.74) is 1.86. The Bertz CT molecular complexity index is 769. The standard InChI is InChI=1S/C16H14ClN3O2S/c1-9-13(15(21)19-11-6-4-10(17)5-7-11)14(20-16(23)18-9)12-3-2-8-22-12/h2-8,14H,1H3,(H,19,21)(H2,18,20,23)/t14-/m0/s1. The van der Waals surface area contributed by atoms with E-state index in [2.05, 4.69) is 16.0 Å². The molecule has 3 N–H and O–H groups in total. The van der Waals surface area contributed by atoms with Crippen LogP contribution in [0.15, 0.2) is 58.3 Å². The Morgan fingerprint density at radius 3 is 2.70 bits per heavy atom. The van der Waals surface area contributed by atoms with Crippen molar-refractivity contribution < 1.29 is 9.21 Å². The molecule has 2 heterocycles. The first kappa shape index (κ1) is 15.6. The van der Waals surface area contributed by atoms with Crippen LogP contribution in [-0.4, -0.2) is 11.0 Å². The fourth-order valence-corrected chi connectivity index (χ4v) is 2.79. The Morgan fingerprint density at radius 1 is 1.30 bits per heavy atom. The van der Waals surface area contributed by atoms with Gasteiger partial charge < -0.3 is 20.4 Å². The van der Waals surface area contributed by atoms with Crippen molar-refractivity contribution >= 4 is 40.5 Å². The second-order valence-electron chi connectivity index (χ2n) is 5.05. The summed E-state index contributed by atoms with van der Waals surface area (Å²) in [6, 6.07) is 10.1. The molecule has 0 unspecified atom stereocenters. The molecule has 0 aliphatic carbocycles. The maximum atomic E-state index is 12.7. The maximum Gasteiger partial charge on any atom is 0.255 e. The second-order valence-corrected chi connectivity index (χ2v) is 5.89. The Labute approximate surface area is 143 Å². The Morgan fingerprint density at radius 2 is 2.04 bits per heavy atom. The van der Waals surface area contributed by atoms with Crippen LogP contribution in [0.1, 0.15) is 18.7 Å². The first-order valence-corrected chi connectivity index (χ1v) is 7.72. The molecule has 0 radical (unpaired) electrons. The van der Waals surface area contributed by atoms with Gasteiger partial charge in [0, 0.05) is 16.4 Å². The Balaban J connectivity index is 1.90. The van der Waals surface area contributed by atoms with Crippen molar-refractivity contribution in [3.8, 4) is 0 Å². The number of furan rings is 1. The Kier molecular flexibility index (Phi) is 4.36. The van der Waals surface area contributed by atoms with Crippen molar-refractivity contribution in [2.24, 2.45) is 0 Å². The average molecular weight is 348 g/mol. The van der Waals surface area contributed by atoms with E-state index in [-0.39, 0.29) is 5.91 Å². The summed E-state index contributed by atoms with van der Waals surface area (Å²) in [4.78, 5) is 12.7. The minimum atomic E-state index is -0.439. The third-order valence-electron chi connectivity index (χ3n) is 3.44. The summed E-state index contributed by atoms with van der Waals surface area (Å²) < 4.78 is 5.43. The maximum absolute atomic E-state index is 12.7. The van der Waals surface area contributed by atoms with Gasteiger partial charge in [0.15, 0.2) is 5.11 Å². The van der Waals surface area contributed by atoms with E-state index in [9.17, 15) is 4.79 Å². The van der Waals surface area contributed by atoms with Gasteiger partial charge in [-0.1, -0.05) is 11.6 Å². The predicted octanol–water partition coefficient (Wildman–Crippen LogP) is 3.36. The van der Waals surface area contributed by atoms with Crippen LogP contribution < -0.4 is 16.0 Å². The molecule has 0 saturated carbocycles. The zero-order valence-corrected chi connectivity index (χ0v) is 13.8. The average Bonchev–Trinajstić information content (AvgIpc) is 3.03. The summed E-state index contributed by atoms with van der Waals surface area (Å²) >= 11 is 11.0. The lowest BCUT2D eigenvalue weighted by molar-refractivity contribution is -0.113. The molecule has 0 fully saturated rings. The normalized spacial score (nSPS) is 17.5. The van der Waals surface area contributed by atoms with Crippen LogP contribution >= 0.6 is 23.8 Å². The van der Waals surface area contributed by atoms with Crippen molar-refractivity contribution in [3.05, 3.63) is 64.7 Å². The van der Waals surface area contributed by atoms with Crippen molar-refractivity contribution in [3.63, 3.8) is 0 Å². The molecule has 1 aliphatic rings. The SMILES string of the molecule is CC1=C(C(=O)Nc2ccc(Cl)cc2)[C@H](c2ccco2)NC(=S)N1. The van der Waals surface area contributed by atoms with Gasteiger partial charge in [0.2, 0.25) is 0 Å². The molecule has 2 aromatic rings. The van der Waals surface area contributed by atoms with Gasteiger partial charge in [-0.3, -0.25) is 4.79 Å². The number of rotatable bonds is 3. The molecule has 1 aromatic heterocycles. The van der Waals surface area contributed by atoms with Crippen molar-refractivity contribution in [1.29, 1.82) is 0 Å². The minimum absolute atomic E-state index is 0.242. The van der Waals surface area contributed by atoms with E-state index in [1.165, 1.54) is 0 Å². The zero-order valence-electron chi connectivity index (χ0n) is 12.2. The third-order valence-corrected chi connectivity index (χ3v) is 3.92. The molecular formula is C16H14ClN3O2S. The second kappa shape index (κ2) is 6.44. The number of carbonyl (C=O) groups excluding carboxylic acids is 1. The molecule has 1 aromatic carbocycles. The summed E-state index contributed by atoms with van der Waals surface area (Å²) in [5, 5.41) is 9.95. The van der Waals surface area contributed by atoms with E-state index >= 15 is 0 Å². The molecule has 0 spiro atoms. The van der Waals surface area contributed by atoms with Gasteiger partial charge in [-0.15, -0.1) is 0 Å². The number of thiocarbonyl (C=S) groups is 1. The van der Waals surface area contributed by atoms with Gasteiger partial charge in [0.1, 0.15) is 11.8 Å². The number of nitrogens with one attached hydrogen (secondary N) is 3. The topological polar surface area (TPSA) is 66.3 Å². The largest absolute Gasteiger partial charge is 0.467 e. The first-order chi connectivity index (χ1) is 11.0. The summed E-state index contributed by atoms with van der Waals surface area (Å²) in [5.74, 6) is 0.378. The molecule has 0 bridgehead atoms. The van der Waals surface area contributed by atoms with E-state index in [1.807, 2.05) is 0 Å². The highest BCUT2D eigenvalue weighted by Gasteiger charge is 2.31. The van der Waals surface area contributed by atoms with E-state index in [0.717, 1.165) is 0 Å². The molecule has 0 saturated heterocycles. The number of anilines is 1. The van der Waals surface area contributed by atoms with Crippen molar-refractivity contribution in [2.45, 2.75) is 13.0 Å². The highest BCUT2D eigenvalue weighted by atomic mass is 35.5. The van der Waals surface area contributed by atoms with E-state index in [4.69, 9.17) is 28.2 Å². The molecule has 23 heavy (non-hydrogen) atoms. The molecule has 7 heteroatoms. The number of hydrogen-bond donors (Lipinski definition) is 3. The van der Waals surface area contributed by atoms with Crippen LogP contribution in [0.5, 0.6) is 0 Å². The van der Waals surface area contributed by atoms with E-state index < -0.39 is 6.04 Å². The highest BCUT2D eigenvalue weighted by Crippen LogP contribution is 2.28. The van der Waals surface area contributed by atoms with E-state index in [0.29, 0.717) is 32.9 Å². The zero-order chi connectivity index (χ0) is 16.4. The number of allylic oxidation sites excluding steroid dienone is 1. The third kappa shape index (κ3) is 3.38. The number of amides is 1. The number of benzene rings is 1. The molecule has 1 aliphatic heterocycles. The first-order valence-electron chi connectivity index (χ1n) is 6.93. The number of halogens is 1. The predicted molar refractivity (Wildman–Crippen MR) is 93.1 cm³/mol. The minimum Gasteiger partial charge on any atom is -0.467 e. The Hall–Kier alpha value is -2.31. The lowest BCUT2D eigenvalue weighted by atomic mass is 10.00. The number of hydrogen-bond acceptors (Lipinski definition) is 3. The smallest absolute Gasteiger partial charge is 0.255 e. The van der Waals surface area contributed by atoms with Gasteiger partial charge in [-0.2, -0.15) is 0 Å². The van der Waals surface area contributed by atoms with Gasteiger partial charge >= 0.3 is 0 Å². The van der Waals surface area contributed by atoms with Crippen molar-refractivity contribution in [2.75, 3.05) is 5.32 Å². The fourth-order valence-electron chi connectivity index (χ4n) is 2.40. The van der Waals surface area contributed by atoms with Crippen LogP contribution in [0.4, 0.5) is 5.69 Å². The van der Waals surface area contributed by atoms with Gasteiger partial charge in [-0.25, -0.2) is 0 Å². The van der Waals surface area contributed by atoms with Crippen LogP contribution in [0.2, 0.25) is 5.02 Å². The molecule has 3 rings (SSSR count). The fraction of sp³-hybridized carbons (Fsp3) is 0.125. The van der Waals surface area contributed by atoms with Crippen LogP contribution in [0, 0.1) is 0 Å². The van der Waals surface area contributed by atoms with E-state index in [1.54, 1.807) is 49.6 Å². The quantitative estimate of drug-likeness (QED) is 0.743. The molecule has 5 nitrogen and oxygen atoms in total. The monoisotopic (exact) mass is 347 g/mol. The lowest BCUT2D eigenvalue weighted by Crippen LogP contribution is -2.45. The summed E-state index contributed by atoms with van der Waals surface area (Å²) in [6.07, 6.45) is 1.56. The number of carbonyl (C=O) groups is 1. The summed E-state index contributed by atoms with van der Waals surface area (Å²) in [6.45, 7) is 1.81. The van der Waals surface area contributed by atoms with Crippen LogP contribution in [0.25, 0.3) is 0 Å². The lowest BCUT2D eigenvalue weighted by Gasteiger charge is -2.28. The summed E-state index contributed by atoms with van der Waals surface area (Å²) in [7, 11) is 0. The van der Waals surface area contributed by atoms with Crippen LogP contribution in [-0.2, 0) is 4.79 Å². The molecule has 118 valence electrons. The van der Waals surface area contributed by atoms with Crippen molar-refractivity contribution in [1.82, 2.24) is 10.6 Å². The van der Waals surface area contributed by atoms with Gasteiger partial charge in [-0.05, 0) is 55.5 Å². The van der Waals surface area contributed by atoms with Crippen LogP contribution in [0.3, 0.4) is 0 Å². The molecule has 1 amide bonds. The molecular weight excluding hydrogens is 334 g/mol. The molecule has 1 atom stereocenters.